The Hall–Kier alpha value is -3.34. The van der Waals surface area contributed by atoms with Gasteiger partial charge in [-0.3, -0.25) is 10.1 Å². The van der Waals surface area contributed by atoms with Crippen LogP contribution in [0.2, 0.25) is 0 Å². The van der Waals surface area contributed by atoms with E-state index in [0.717, 1.165) is 17.5 Å². The van der Waals surface area contributed by atoms with Crippen LogP contribution in [0.15, 0.2) is 72.8 Å². The van der Waals surface area contributed by atoms with Crippen LogP contribution in [0.5, 0.6) is 5.75 Å². The van der Waals surface area contributed by atoms with Crippen LogP contribution in [-0.2, 0) is 6.42 Å². The van der Waals surface area contributed by atoms with E-state index in [1.807, 2.05) is 30.3 Å². The standard InChI is InChI=1S/C24H26N2O3/c1-2-3-5-8-18-11-13-20(14-12-18)24(19-9-6-4-7-10-19)25-21-15-16-23(27)22(17-21)26(28)29/h4,6-7,9-17,24-25,27H,2-3,5,8H2,1H3. The maximum absolute atomic E-state index is 11.2. The van der Waals surface area contributed by atoms with Gasteiger partial charge in [0.2, 0.25) is 0 Å². The van der Waals surface area contributed by atoms with E-state index >= 15 is 0 Å². The monoisotopic (exact) mass is 390 g/mol. The number of hydrogen-bond donors (Lipinski definition) is 2. The highest BCUT2D eigenvalue weighted by Gasteiger charge is 2.18. The Kier molecular flexibility index (Phi) is 6.85. The Bertz CT molecular complexity index is 940. The zero-order chi connectivity index (χ0) is 20.6. The molecule has 2 N–H and O–H groups in total. The molecule has 3 rings (SSSR count). The number of benzene rings is 3. The number of nitrogens with zero attached hydrogens (tertiary/aromatic N) is 1. The lowest BCUT2D eigenvalue weighted by Gasteiger charge is -2.21. The van der Waals surface area contributed by atoms with Crippen molar-refractivity contribution in [3.05, 3.63) is 99.6 Å². The van der Waals surface area contributed by atoms with Gasteiger partial charge in [-0.1, -0.05) is 74.4 Å². The SMILES string of the molecule is CCCCCc1ccc(C(Nc2ccc(O)c([N+](=O)[O-])c2)c2ccccc2)cc1. The molecule has 0 saturated carbocycles. The van der Waals surface area contributed by atoms with Gasteiger partial charge in [-0.25, -0.2) is 0 Å². The van der Waals surface area contributed by atoms with Crippen molar-refractivity contribution in [3.63, 3.8) is 0 Å². The van der Waals surface area contributed by atoms with Crippen LogP contribution >= 0.6 is 0 Å². The number of nitrogens with one attached hydrogen (secondary N) is 1. The van der Waals surface area contributed by atoms with Gasteiger partial charge in [0.1, 0.15) is 0 Å². The molecule has 150 valence electrons. The number of phenolic OH excluding ortho intramolecular Hbond substituents is 1. The largest absolute Gasteiger partial charge is 0.502 e. The average molecular weight is 390 g/mol. The lowest BCUT2D eigenvalue weighted by atomic mass is 9.96. The van der Waals surface area contributed by atoms with Gasteiger partial charge >= 0.3 is 5.69 Å². The number of rotatable bonds is 9. The van der Waals surface area contributed by atoms with Crippen molar-refractivity contribution in [2.45, 2.75) is 38.6 Å². The molecule has 3 aromatic rings. The lowest BCUT2D eigenvalue weighted by Crippen LogP contribution is -2.12. The molecule has 0 fully saturated rings. The van der Waals surface area contributed by atoms with E-state index in [-0.39, 0.29) is 17.5 Å². The summed E-state index contributed by atoms with van der Waals surface area (Å²) in [6.45, 7) is 2.20. The van der Waals surface area contributed by atoms with Crippen molar-refractivity contribution in [1.29, 1.82) is 0 Å². The molecule has 0 amide bonds. The van der Waals surface area contributed by atoms with Crippen molar-refractivity contribution >= 4 is 11.4 Å². The van der Waals surface area contributed by atoms with Crippen LogP contribution in [0.3, 0.4) is 0 Å². The number of phenols is 1. The molecule has 29 heavy (non-hydrogen) atoms. The molecule has 5 heteroatoms. The van der Waals surface area contributed by atoms with E-state index < -0.39 is 4.92 Å². The Morgan fingerprint density at radius 1 is 0.966 bits per heavy atom. The van der Waals surface area contributed by atoms with Gasteiger partial charge in [-0.2, -0.15) is 0 Å². The molecule has 0 aliphatic heterocycles. The van der Waals surface area contributed by atoms with Crippen molar-refractivity contribution in [2.75, 3.05) is 5.32 Å². The van der Waals surface area contributed by atoms with Crippen molar-refractivity contribution in [1.82, 2.24) is 0 Å². The summed E-state index contributed by atoms with van der Waals surface area (Å²) in [5, 5.41) is 24.3. The molecule has 0 bridgehead atoms. The Balaban J connectivity index is 1.88. The van der Waals surface area contributed by atoms with Gasteiger partial charge in [0.05, 0.1) is 11.0 Å². The first-order valence-corrected chi connectivity index (χ1v) is 9.96. The Labute approximate surface area is 171 Å². The minimum absolute atomic E-state index is 0.162. The number of nitro benzene ring substituents is 1. The fraction of sp³-hybridized carbons (Fsp3) is 0.250. The third-order valence-corrected chi connectivity index (χ3v) is 5.00. The van der Waals surface area contributed by atoms with E-state index in [9.17, 15) is 15.2 Å². The Morgan fingerprint density at radius 2 is 1.66 bits per heavy atom. The topological polar surface area (TPSA) is 75.4 Å². The van der Waals surface area contributed by atoms with Crippen LogP contribution in [0.1, 0.15) is 48.9 Å². The fourth-order valence-corrected chi connectivity index (χ4v) is 3.39. The number of aryl methyl sites for hydroxylation is 1. The highest BCUT2D eigenvalue weighted by molar-refractivity contribution is 5.59. The number of hydrogen-bond acceptors (Lipinski definition) is 4. The fourth-order valence-electron chi connectivity index (χ4n) is 3.39. The third kappa shape index (κ3) is 5.35. The van der Waals surface area contributed by atoms with Gasteiger partial charge < -0.3 is 10.4 Å². The maximum atomic E-state index is 11.2. The normalized spacial score (nSPS) is 11.8. The number of aromatic hydroxyl groups is 1. The van der Waals surface area contributed by atoms with E-state index in [4.69, 9.17) is 0 Å². The van der Waals surface area contributed by atoms with Crippen LogP contribution in [0.25, 0.3) is 0 Å². The van der Waals surface area contributed by atoms with E-state index in [1.54, 1.807) is 6.07 Å². The minimum Gasteiger partial charge on any atom is -0.502 e. The predicted molar refractivity (Wildman–Crippen MR) is 116 cm³/mol. The molecule has 0 heterocycles. The molecule has 3 aromatic carbocycles. The number of anilines is 1. The summed E-state index contributed by atoms with van der Waals surface area (Å²) in [6.07, 6.45) is 4.70. The molecule has 0 aliphatic carbocycles. The molecule has 5 nitrogen and oxygen atoms in total. The second kappa shape index (κ2) is 9.73. The van der Waals surface area contributed by atoms with Gasteiger partial charge in [-0.15, -0.1) is 0 Å². The molecular weight excluding hydrogens is 364 g/mol. The highest BCUT2D eigenvalue weighted by atomic mass is 16.6. The smallest absolute Gasteiger partial charge is 0.312 e. The number of nitro groups is 1. The van der Waals surface area contributed by atoms with Gasteiger partial charge in [-0.05, 0) is 41.7 Å². The van der Waals surface area contributed by atoms with Crippen LogP contribution in [-0.4, -0.2) is 10.0 Å². The third-order valence-electron chi connectivity index (χ3n) is 5.00. The molecule has 0 spiro atoms. The molecule has 0 aromatic heterocycles. The van der Waals surface area contributed by atoms with Crippen LogP contribution in [0, 0.1) is 10.1 Å². The molecular formula is C24H26N2O3. The van der Waals surface area contributed by atoms with Gasteiger partial charge in [0.25, 0.3) is 0 Å². The summed E-state index contributed by atoms with van der Waals surface area (Å²) in [6, 6.07) is 22.7. The summed E-state index contributed by atoms with van der Waals surface area (Å²) in [5.41, 5.74) is 3.71. The first-order chi connectivity index (χ1) is 14.1. The van der Waals surface area contributed by atoms with Crippen molar-refractivity contribution < 1.29 is 10.0 Å². The molecule has 1 atom stereocenters. The molecule has 0 aliphatic rings. The quantitative estimate of drug-likeness (QED) is 0.196. The van der Waals surface area contributed by atoms with Crippen LogP contribution in [0.4, 0.5) is 11.4 Å². The van der Waals surface area contributed by atoms with Crippen molar-refractivity contribution in [2.24, 2.45) is 0 Å². The van der Waals surface area contributed by atoms with Gasteiger partial charge in [0.15, 0.2) is 5.75 Å². The zero-order valence-corrected chi connectivity index (χ0v) is 16.5. The van der Waals surface area contributed by atoms with Crippen molar-refractivity contribution in [3.8, 4) is 5.75 Å². The van der Waals surface area contributed by atoms with E-state index in [2.05, 4.69) is 36.5 Å². The number of unbranched alkanes of at least 4 members (excludes halogenated alkanes) is 2. The molecule has 0 saturated heterocycles. The lowest BCUT2D eigenvalue weighted by molar-refractivity contribution is -0.385. The molecule has 0 radical (unpaired) electrons. The summed E-state index contributed by atoms with van der Waals surface area (Å²) < 4.78 is 0. The van der Waals surface area contributed by atoms with E-state index in [1.165, 1.54) is 37.0 Å². The van der Waals surface area contributed by atoms with Gasteiger partial charge in [0, 0.05) is 11.8 Å². The average Bonchev–Trinajstić information content (AvgIpc) is 2.74. The molecule has 1 unspecified atom stereocenters. The predicted octanol–water partition coefficient (Wildman–Crippen LogP) is 6.23. The zero-order valence-electron chi connectivity index (χ0n) is 16.5. The minimum atomic E-state index is -0.580. The van der Waals surface area contributed by atoms with E-state index in [0.29, 0.717) is 5.69 Å². The second-order valence-electron chi connectivity index (χ2n) is 7.15. The first-order valence-electron chi connectivity index (χ1n) is 9.96. The highest BCUT2D eigenvalue weighted by Crippen LogP contribution is 2.32. The summed E-state index contributed by atoms with van der Waals surface area (Å²) in [7, 11) is 0. The second-order valence-corrected chi connectivity index (χ2v) is 7.15. The first kappa shape index (κ1) is 20.4. The maximum Gasteiger partial charge on any atom is 0.312 e. The Morgan fingerprint density at radius 3 is 2.31 bits per heavy atom. The summed E-state index contributed by atoms with van der Waals surface area (Å²) in [5.74, 6) is -0.340. The summed E-state index contributed by atoms with van der Waals surface area (Å²) in [4.78, 5) is 10.6. The van der Waals surface area contributed by atoms with Crippen LogP contribution < -0.4 is 5.32 Å². The summed E-state index contributed by atoms with van der Waals surface area (Å²) >= 11 is 0.